The first kappa shape index (κ1) is 13.8. The van der Waals surface area contributed by atoms with Gasteiger partial charge >= 0.3 is 0 Å². The van der Waals surface area contributed by atoms with Crippen LogP contribution in [0.15, 0.2) is 40.2 Å². The average molecular weight is 282 g/mol. The minimum absolute atomic E-state index is 0.228. The number of benzene rings is 1. The van der Waals surface area contributed by atoms with E-state index in [1.54, 1.807) is 30.3 Å². The molecule has 1 aromatic carbocycles. The summed E-state index contributed by atoms with van der Waals surface area (Å²) in [6.07, 6.45) is 0. The van der Waals surface area contributed by atoms with Crippen LogP contribution >= 0.6 is 0 Å². The molecule has 0 saturated heterocycles. The van der Waals surface area contributed by atoms with E-state index >= 15 is 0 Å². The van der Waals surface area contributed by atoms with Crippen LogP contribution in [0.5, 0.6) is 0 Å². The van der Waals surface area contributed by atoms with E-state index in [2.05, 4.69) is 33.8 Å². The molecule has 19 heavy (non-hydrogen) atoms. The quantitative estimate of drug-likeness (QED) is 0.849. The Labute approximate surface area is 113 Å². The summed E-state index contributed by atoms with van der Waals surface area (Å²) in [5, 5.41) is 2.96. The smallest absolute Gasteiger partial charge is 0.264 e. The zero-order valence-corrected chi connectivity index (χ0v) is 11.8. The molecule has 0 bridgehead atoms. The number of aliphatic imine (C=N–C) groups is 1. The van der Waals surface area contributed by atoms with Crippen molar-refractivity contribution in [3.05, 3.63) is 30.3 Å². The van der Waals surface area contributed by atoms with Crippen LogP contribution in [-0.2, 0) is 10.0 Å². The molecule has 2 N–H and O–H groups in total. The van der Waals surface area contributed by atoms with Crippen LogP contribution in [0.3, 0.4) is 0 Å². The lowest BCUT2D eigenvalue weighted by molar-refractivity contribution is 0.213. The summed E-state index contributed by atoms with van der Waals surface area (Å²) in [6.45, 7) is 5.19. The van der Waals surface area contributed by atoms with Crippen molar-refractivity contribution in [2.24, 2.45) is 4.99 Å². The molecule has 2 rings (SSSR count). The van der Waals surface area contributed by atoms with Crippen molar-refractivity contribution >= 4 is 16.0 Å². The first-order chi connectivity index (χ1) is 8.99. The van der Waals surface area contributed by atoms with Crippen LogP contribution in [0.1, 0.15) is 13.8 Å². The van der Waals surface area contributed by atoms with Gasteiger partial charge in [0.2, 0.25) is 5.96 Å². The summed E-state index contributed by atoms with van der Waals surface area (Å²) in [4.78, 5) is 6.50. The number of guanidine groups is 1. The zero-order valence-electron chi connectivity index (χ0n) is 11.0. The minimum Gasteiger partial charge on any atom is -0.343 e. The SMILES string of the molecule is CC(C)N1CN=C(NS(=O)(=O)c2ccccc2)NC1. The monoisotopic (exact) mass is 282 g/mol. The maximum Gasteiger partial charge on any atom is 0.264 e. The van der Waals surface area contributed by atoms with Crippen LogP contribution in [-0.4, -0.2) is 38.7 Å². The van der Waals surface area contributed by atoms with Gasteiger partial charge in [0.05, 0.1) is 18.2 Å². The Morgan fingerprint density at radius 2 is 2.00 bits per heavy atom. The third-order valence-corrected chi connectivity index (χ3v) is 4.23. The first-order valence-corrected chi connectivity index (χ1v) is 7.57. The van der Waals surface area contributed by atoms with Crippen molar-refractivity contribution < 1.29 is 8.42 Å². The molecule has 0 saturated carbocycles. The molecule has 1 aliphatic heterocycles. The van der Waals surface area contributed by atoms with E-state index in [0.717, 1.165) is 0 Å². The zero-order chi connectivity index (χ0) is 13.9. The molecule has 1 aliphatic rings. The van der Waals surface area contributed by atoms with Gasteiger partial charge in [-0.25, -0.2) is 18.1 Å². The third-order valence-electron chi connectivity index (χ3n) is 2.87. The molecule has 104 valence electrons. The standard InChI is InChI=1S/C12H18N4O2S/c1-10(2)16-8-13-12(14-9-16)15-19(17,18)11-6-4-3-5-7-11/h3-7,10H,8-9H2,1-2H3,(H2,13,14,15). The summed E-state index contributed by atoms with van der Waals surface area (Å²) in [7, 11) is -3.56. The molecule has 0 aromatic heterocycles. The normalized spacial score (nSPS) is 16.9. The highest BCUT2D eigenvalue weighted by molar-refractivity contribution is 7.90. The van der Waals surface area contributed by atoms with Gasteiger partial charge in [0.1, 0.15) is 0 Å². The average Bonchev–Trinajstić information content (AvgIpc) is 2.40. The molecule has 0 fully saturated rings. The summed E-state index contributed by atoms with van der Waals surface area (Å²) in [5.41, 5.74) is 0. The highest BCUT2D eigenvalue weighted by Crippen LogP contribution is 2.07. The molecular formula is C12H18N4O2S. The summed E-state index contributed by atoms with van der Waals surface area (Å²) in [6, 6.07) is 8.60. The second kappa shape index (κ2) is 5.58. The largest absolute Gasteiger partial charge is 0.343 e. The van der Waals surface area contributed by atoms with E-state index in [1.807, 2.05) is 0 Å². The van der Waals surface area contributed by atoms with E-state index in [-0.39, 0.29) is 4.90 Å². The molecule has 1 heterocycles. The van der Waals surface area contributed by atoms with Crippen LogP contribution in [0.2, 0.25) is 0 Å². The molecule has 0 radical (unpaired) electrons. The van der Waals surface area contributed by atoms with Crippen molar-refractivity contribution in [1.29, 1.82) is 0 Å². The Bertz CT molecular complexity index is 554. The number of nitrogens with one attached hydrogen (secondary N) is 2. The van der Waals surface area contributed by atoms with Gasteiger partial charge in [0.25, 0.3) is 10.0 Å². The molecule has 0 atom stereocenters. The highest BCUT2D eigenvalue weighted by Gasteiger charge is 2.19. The topological polar surface area (TPSA) is 73.8 Å². The molecule has 0 unspecified atom stereocenters. The molecule has 0 spiro atoms. The molecule has 6 nitrogen and oxygen atoms in total. The van der Waals surface area contributed by atoms with Gasteiger partial charge in [0.15, 0.2) is 0 Å². The summed E-state index contributed by atoms with van der Waals surface area (Å²) in [5.74, 6) is 0.292. The van der Waals surface area contributed by atoms with Crippen LogP contribution in [0, 0.1) is 0 Å². The first-order valence-electron chi connectivity index (χ1n) is 6.09. The van der Waals surface area contributed by atoms with Crippen LogP contribution in [0.4, 0.5) is 0 Å². The van der Waals surface area contributed by atoms with Crippen molar-refractivity contribution in [1.82, 2.24) is 14.9 Å². The maximum absolute atomic E-state index is 12.1. The molecular weight excluding hydrogens is 264 g/mol. The Morgan fingerprint density at radius 1 is 1.32 bits per heavy atom. The predicted molar refractivity (Wildman–Crippen MR) is 74.0 cm³/mol. The second-order valence-corrected chi connectivity index (χ2v) is 6.27. The second-order valence-electron chi connectivity index (χ2n) is 4.58. The Kier molecular flexibility index (Phi) is 4.06. The highest BCUT2D eigenvalue weighted by atomic mass is 32.2. The van der Waals surface area contributed by atoms with Gasteiger partial charge in [-0.1, -0.05) is 18.2 Å². The van der Waals surface area contributed by atoms with Crippen LogP contribution in [0.25, 0.3) is 0 Å². The number of hydrogen-bond acceptors (Lipinski definition) is 5. The lowest BCUT2D eigenvalue weighted by Gasteiger charge is -2.29. The van der Waals surface area contributed by atoms with E-state index in [0.29, 0.717) is 25.3 Å². The van der Waals surface area contributed by atoms with Gasteiger partial charge in [-0.05, 0) is 26.0 Å². The Balaban J connectivity index is 2.07. The van der Waals surface area contributed by atoms with Crippen molar-refractivity contribution in [3.63, 3.8) is 0 Å². The number of hydrogen-bond donors (Lipinski definition) is 2. The third kappa shape index (κ3) is 3.45. The lowest BCUT2D eigenvalue weighted by Crippen LogP contribution is -2.51. The molecule has 1 aromatic rings. The molecule has 7 heteroatoms. The van der Waals surface area contributed by atoms with Gasteiger partial charge < -0.3 is 5.32 Å². The Morgan fingerprint density at radius 3 is 2.53 bits per heavy atom. The number of nitrogens with zero attached hydrogens (tertiary/aromatic N) is 2. The fourth-order valence-corrected chi connectivity index (χ4v) is 2.67. The van der Waals surface area contributed by atoms with Gasteiger partial charge in [-0.3, -0.25) is 4.90 Å². The van der Waals surface area contributed by atoms with Crippen molar-refractivity contribution in [3.8, 4) is 0 Å². The van der Waals surface area contributed by atoms with E-state index in [1.165, 1.54) is 0 Å². The summed E-state index contributed by atoms with van der Waals surface area (Å²) >= 11 is 0. The van der Waals surface area contributed by atoms with E-state index in [4.69, 9.17) is 0 Å². The number of rotatable bonds is 3. The minimum atomic E-state index is -3.56. The van der Waals surface area contributed by atoms with Crippen LogP contribution < -0.4 is 10.0 Å². The Hall–Kier alpha value is -1.60. The predicted octanol–water partition coefficient (Wildman–Crippen LogP) is 0.549. The fraction of sp³-hybridized carbons (Fsp3) is 0.417. The van der Waals surface area contributed by atoms with Gasteiger partial charge in [-0.15, -0.1) is 0 Å². The molecule has 0 amide bonds. The number of sulfonamides is 1. The fourth-order valence-electron chi connectivity index (χ4n) is 1.64. The van der Waals surface area contributed by atoms with E-state index in [9.17, 15) is 8.42 Å². The van der Waals surface area contributed by atoms with Crippen molar-refractivity contribution in [2.75, 3.05) is 13.3 Å². The van der Waals surface area contributed by atoms with E-state index < -0.39 is 10.0 Å². The van der Waals surface area contributed by atoms with Gasteiger partial charge in [0, 0.05) is 6.04 Å². The lowest BCUT2D eigenvalue weighted by atomic mass is 10.3. The molecule has 0 aliphatic carbocycles. The van der Waals surface area contributed by atoms with Gasteiger partial charge in [-0.2, -0.15) is 0 Å². The summed E-state index contributed by atoms with van der Waals surface area (Å²) < 4.78 is 26.6. The van der Waals surface area contributed by atoms with Crippen molar-refractivity contribution in [2.45, 2.75) is 24.8 Å². The maximum atomic E-state index is 12.1.